The zero-order valence-electron chi connectivity index (χ0n) is 21.8. The van der Waals surface area contributed by atoms with Gasteiger partial charge in [-0.1, -0.05) is 42.1 Å². The number of hydrogen-bond acceptors (Lipinski definition) is 7. The Morgan fingerprint density at radius 3 is 2.49 bits per heavy atom. The molecule has 1 amide bonds. The summed E-state index contributed by atoms with van der Waals surface area (Å²) >= 11 is 1.45. The van der Waals surface area contributed by atoms with Crippen molar-refractivity contribution in [3.05, 3.63) is 94.9 Å². The largest absolute Gasteiger partial charge is 0.573 e. The SMILES string of the molecule is Cc1cccc(C)c1/C=C1\SCC(=O)N1c1ncc2ccc(-c3ncn(-c4ccc(OC(F)(F)F)cc4)n3)cc2n1. The van der Waals surface area contributed by atoms with Gasteiger partial charge in [0.15, 0.2) is 5.82 Å². The van der Waals surface area contributed by atoms with E-state index in [2.05, 4.69) is 19.8 Å². The van der Waals surface area contributed by atoms with Gasteiger partial charge in [0.2, 0.25) is 11.9 Å². The summed E-state index contributed by atoms with van der Waals surface area (Å²) in [6.45, 7) is 4.07. The van der Waals surface area contributed by atoms with Crippen LogP contribution >= 0.6 is 11.8 Å². The van der Waals surface area contributed by atoms with Crippen molar-refractivity contribution < 1.29 is 22.7 Å². The molecule has 0 aliphatic carbocycles. The van der Waals surface area contributed by atoms with E-state index in [-0.39, 0.29) is 17.6 Å². The molecule has 0 atom stereocenters. The fraction of sp³-hybridized carbons (Fsp3) is 0.138. The van der Waals surface area contributed by atoms with Crippen molar-refractivity contribution in [2.75, 3.05) is 10.7 Å². The number of rotatable bonds is 5. The second kappa shape index (κ2) is 10.4. The first kappa shape index (κ1) is 26.5. The van der Waals surface area contributed by atoms with Gasteiger partial charge < -0.3 is 4.74 Å². The van der Waals surface area contributed by atoms with Crippen LogP contribution in [0.3, 0.4) is 0 Å². The predicted octanol–water partition coefficient (Wildman–Crippen LogP) is 6.47. The van der Waals surface area contributed by atoms with Crippen molar-refractivity contribution >= 4 is 40.6 Å². The lowest BCUT2D eigenvalue weighted by Crippen LogP contribution is -2.25. The van der Waals surface area contributed by atoms with Crippen LogP contribution in [0, 0.1) is 13.8 Å². The Morgan fingerprint density at radius 1 is 1.00 bits per heavy atom. The van der Waals surface area contributed by atoms with Crippen molar-refractivity contribution in [1.82, 2.24) is 24.7 Å². The standard InChI is InChI=1S/C29H21F3N6O2S/c1-17-4-3-5-18(2)23(17)13-26-38(25(39)15-41-26)28-33-14-20-7-6-19(12-24(20)35-28)27-34-16-37(36-27)21-8-10-22(11-9-21)40-29(30,31)32/h3-14,16H,15H2,1-2H3/b26-13-. The third-order valence-corrected chi connectivity index (χ3v) is 7.47. The molecule has 8 nitrogen and oxygen atoms in total. The zero-order chi connectivity index (χ0) is 28.7. The quantitative estimate of drug-likeness (QED) is 0.238. The van der Waals surface area contributed by atoms with E-state index in [1.807, 2.05) is 56.3 Å². The lowest BCUT2D eigenvalue weighted by molar-refractivity contribution is -0.274. The van der Waals surface area contributed by atoms with Gasteiger partial charge >= 0.3 is 6.36 Å². The van der Waals surface area contributed by atoms with E-state index in [0.29, 0.717) is 28.3 Å². The maximum atomic E-state index is 12.9. The van der Waals surface area contributed by atoms with Crippen molar-refractivity contribution in [1.29, 1.82) is 0 Å². The van der Waals surface area contributed by atoms with Crippen molar-refractivity contribution in [2.45, 2.75) is 20.2 Å². The molecule has 41 heavy (non-hydrogen) atoms. The number of halogens is 3. The third kappa shape index (κ3) is 5.50. The van der Waals surface area contributed by atoms with Crippen LogP contribution in [0.25, 0.3) is 34.1 Å². The minimum atomic E-state index is -4.76. The molecule has 0 bridgehead atoms. The molecule has 0 unspecified atom stereocenters. The number of fused-ring (bicyclic) bond motifs is 1. The first-order valence-electron chi connectivity index (χ1n) is 12.4. The zero-order valence-corrected chi connectivity index (χ0v) is 22.6. The molecule has 3 heterocycles. The topological polar surface area (TPSA) is 86.0 Å². The number of aromatic nitrogens is 5. The van der Waals surface area contributed by atoms with Crippen LogP contribution in [0.4, 0.5) is 19.1 Å². The molecule has 1 saturated heterocycles. The number of benzene rings is 3. The van der Waals surface area contributed by atoms with Gasteiger partial charge in [-0.15, -0.1) is 18.3 Å². The monoisotopic (exact) mass is 574 g/mol. The Balaban J connectivity index is 1.30. The number of ether oxygens (including phenoxy) is 1. The van der Waals surface area contributed by atoms with E-state index < -0.39 is 6.36 Å². The molecule has 206 valence electrons. The minimum Gasteiger partial charge on any atom is -0.406 e. The summed E-state index contributed by atoms with van der Waals surface area (Å²) in [6, 6.07) is 16.9. The highest BCUT2D eigenvalue weighted by Gasteiger charge is 2.31. The number of anilines is 1. The highest BCUT2D eigenvalue weighted by atomic mass is 32.2. The van der Waals surface area contributed by atoms with E-state index in [4.69, 9.17) is 4.98 Å². The Kier molecular flexibility index (Phi) is 6.70. The summed E-state index contributed by atoms with van der Waals surface area (Å²) in [5.74, 6) is 0.541. The highest BCUT2D eigenvalue weighted by Crippen LogP contribution is 2.35. The van der Waals surface area contributed by atoms with E-state index in [9.17, 15) is 18.0 Å². The van der Waals surface area contributed by atoms with Crippen LogP contribution in [-0.4, -0.2) is 42.8 Å². The van der Waals surface area contributed by atoms with E-state index in [0.717, 1.165) is 27.1 Å². The van der Waals surface area contributed by atoms with E-state index in [1.165, 1.54) is 47.0 Å². The molecular weight excluding hydrogens is 553 g/mol. The molecule has 1 aliphatic heterocycles. The van der Waals surface area contributed by atoms with Gasteiger partial charge in [-0.2, -0.15) is 0 Å². The molecule has 5 aromatic rings. The number of carbonyl (C=O) groups excluding carboxylic acids is 1. The molecule has 0 spiro atoms. The molecule has 0 N–H and O–H groups in total. The molecule has 12 heteroatoms. The molecule has 1 aliphatic rings. The van der Waals surface area contributed by atoms with Crippen LogP contribution in [0.2, 0.25) is 0 Å². The Labute approximate surface area is 236 Å². The van der Waals surface area contributed by atoms with Gasteiger partial charge in [0.25, 0.3) is 0 Å². The summed E-state index contributed by atoms with van der Waals surface area (Å²) in [5.41, 5.74) is 5.07. The predicted molar refractivity (Wildman–Crippen MR) is 150 cm³/mol. The number of hydrogen-bond donors (Lipinski definition) is 0. The number of thioether (sulfide) groups is 1. The van der Waals surface area contributed by atoms with Crippen molar-refractivity contribution in [3.63, 3.8) is 0 Å². The smallest absolute Gasteiger partial charge is 0.406 e. The first-order valence-corrected chi connectivity index (χ1v) is 13.4. The summed E-state index contributed by atoms with van der Waals surface area (Å²) in [7, 11) is 0. The lowest BCUT2D eigenvalue weighted by Gasteiger charge is -2.16. The molecule has 2 aromatic heterocycles. The number of aryl methyl sites for hydroxylation is 2. The molecule has 1 fully saturated rings. The number of nitrogens with zero attached hydrogens (tertiary/aromatic N) is 6. The molecule has 6 rings (SSSR count). The Morgan fingerprint density at radius 2 is 1.76 bits per heavy atom. The number of amides is 1. The van der Waals surface area contributed by atoms with Crippen molar-refractivity contribution in [3.8, 4) is 22.8 Å². The lowest BCUT2D eigenvalue weighted by atomic mass is 10.0. The molecule has 0 radical (unpaired) electrons. The summed E-state index contributed by atoms with van der Waals surface area (Å²) in [5, 5.41) is 6.01. The van der Waals surface area contributed by atoms with Crippen LogP contribution in [0.15, 0.2) is 78.2 Å². The molecular formula is C29H21F3N6O2S. The van der Waals surface area contributed by atoms with Gasteiger partial charge in [0, 0.05) is 17.1 Å². The van der Waals surface area contributed by atoms with Gasteiger partial charge in [0.05, 0.1) is 22.0 Å². The van der Waals surface area contributed by atoms with Crippen LogP contribution in [0.5, 0.6) is 5.75 Å². The number of alkyl halides is 3. The van der Waals surface area contributed by atoms with Crippen molar-refractivity contribution in [2.24, 2.45) is 0 Å². The maximum Gasteiger partial charge on any atom is 0.573 e. The second-order valence-electron chi connectivity index (χ2n) is 9.30. The van der Waals surface area contributed by atoms with Gasteiger partial charge in [-0.25, -0.2) is 24.5 Å². The van der Waals surface area contributed by atoms with E-state index in [1.54, 1.807) is 11.1 Å². The van der Waals surface area contributed by atoms with Crippen LogP contribution < -0.4 is 9.64 Å². The average Bonchev–Trinajstić information content (AvgIpc) is 3.57. The average molecular weight is 575 g/mol. The molecule has 0 saturated carbocycles. The number of carbonyl (C=O) groups is 1. The Hall–Kier alpha value is -4.71. The Bertz CT molecular complexity index is 1800. The fourth-order valence-corrected chi connectivity index (χ4v) is 5.38. The normalized spacial score (nSPS) is 14.8. The third-order valence-electron chi connectivity index (χ3n) is 6.48. The van der Waals surface area contributed by atoms with Crippen LogP contribution in [-0.2, 0) is 4.79 Å². The van der Waals surface area contributed by atoms with Gasteiger partial charge in [-0.05, 0) is 66.9 Å². The summed E-state index contributed by atoms with van der Waals surface area (Å²) in [6.07, 6.45) is 0.378. The fourth-order valence-electron chi connectivity index (χ4n) is 4.46. The maximum absolute atomic E-state index is 12.9. The highest BCUT2D eigenvalue weighted by molar-refractivity contribution is 8.04. The first-order chi connectivity index (χ1) is 19.6. The summed E-state index contributed by atoms with van der Waals surface area (Å²) < 4.78 is 42.7. The van der Waals surface area contributed by atoms with Gasteiger partial charge in [0.1, 0.15) is 12.1 Å². The van der Waals surface area contributed by atoms with Crippen LogP contribution in [0.1, 0.15) is 16.7 Å². The molecule has 3 aromatic carbocycles. The summed E-state index contributed by atoms with van der Waals surface area (Å²) in [4.78, 5) is 28.0. The minimum absolute atomic E-state index is 0.102. The second-order valence-corrected chi connectivity index (χ2v) is 10.3. The van der Waals surface area contributed by atoms with E-state index >= 15 is 0 Å². The van der Waals surface area contributed by atoms with Gasteiger partial charge in [-0.3, -0.25) is 4.79 Å².